The van der Waals surface area contributed by atoms with Crippen LogP contribution in [0, 0.1) is 0 Å². The Morgan fingerprint density at radius 3 is 2.58 bits per heavy atom. The van der Waals surface area contributed by atoms with Crippen LogP contribution in [0.25, 0.3) is 10.8 Å². The summed E-state index contributed by atoms with van der Waals surface area (Å²) >= 11 is 0. The van der Waals surface area contributed by atoms with Crippen LogP contribution in [0.4, 0.5) is 0 Å². The summed E-state index contributed by atoms with van der Waals surface area (Å²) in [4.78, 5) is 18.1. The molecule has 0 radical (unpaired) electrons. The summed E-state index contributed by atoms with van der Waals surface area (Å²) in [5, 5.41) is 1.66. The second kappa shape index (κ2) is 11.2. The summed E-state index contributed by atoms with van der Waals surface area (Å²) in [5.74, 6) is -0.213. The Balaban J connectivity index is 0.00000341. The molecule has 3 aromatic rings. The molecule has 0 saturated carbocycles. The number of halogens is 1. The highest BCUT2D eigenvalue weighted by Crippen LogP contribution is 2.18. The van der Waals surface area contributed by atoms with E-state index in [1.807, 2.05) is 30.3 Å². The summed E-state index contributed by atoms with van der Waals surface area (Å²) in [6.45, 7) is 2.32. The van der Waals surface area contributed by atoms with E-state index >= 15 is 0 Å². The zero-order valence-corrected chi connectivity index (χ0v) is 18.9. The maximum absolute atomic E-state index is 12.8. The zero-order valence-electron chi connectivity index (χ0n) is 17.3. The van der Waals surface area contributed by atoms with Crippen molar-refractivity contribution >= 4 is 39.1 Å². The number of carbonyl (C=O) groups excluding carboxylic acids is 1. The Hall–Kier alpha value is -2.52. The molecule has 0 saturated heterocycles. The van der Waals surface area contributed by atoms with Gasteiger partial charge in [-0.25, -0.2) is 13.1 Å². The normalized spacial score (nSPS) is 12.2. The highest BCUT2D eigenvalue weighted by atomic mass is 35.5. The summed E-state index contributed by atoms with van der Waals surface area (Å²) in [6.07, 6.45) is 3.98. The van der Waals surface area contributed by atoms with Crippen molar-refractivity contribution < 1.29 is 13.2 Å². The fraction of sp³-hybridized carbons (Fsp3) is 0.273. The predicted molar refractivity (Wildman–Crippen MR) is 125 cm³/mol. The summed E-state index contributed by atoms with van der Waals surface area (Å²) in [6, 6.07) is 16.0. The van der Waals surface area contributed by atoms with Gasteiger partial charge in [0.2, 0.25) is 15.9 Å². The molecule has 2 aromatic carbocycles. The van der Waals surface area contributed by atoms with Crippen molar-refractivity contribution in [3.63, 3.8) is 0 Å². The average Bonchev–Trinajstić information content (AvgIpc) is 2.76. The van der Waals surface area contributed by atoms with E-state index in [1.54, 1.807) is 48.5 Å². The third-order valence-electron chi connectivity index (χ3n) is 4.81. The van der Waals surface area contributed by atoms with Crippen LogP contribution in [0.1, 0.15) is 12.5 Å². The number of hydrogen-bond donors (Lipinski definition) is 2. The molecule has 7 nitrogen and oxygen atoms in total. The summed E-state index contributed by atoms with van der Waals surface area (Å²) in [7, 11) is -3.74. The van der Waals surface area contributed by atoms with Crippen molar-refractivity contribution in [1.82, 2.24) is 14.6 Å². The first-order chi connectivity index (χ1) is 14.4. The van der Waals surface area contributed by atoms with Gasteiger partial charge >= 0.3 is 0 Å². The fourth-order valence-corrected chi connectivity index (χ4v) is 4.55. The Morgan fingerprint density at radius 1 is 1.13 bits per heavy atom. The van der Waals surface area contributed by atoms with Gasteiger partial charge in [0.1, 0.15) is 0 Å². The minimum absolute atomic E-state index is 0. The topological polar surface area (TPSA) is 105 Å². The molecule has 1 aromatic heterocycles. The number of amides is 1. The van der Waals surface area contributed by atoms with E-state index < -0.39 is 16.1 Å². The SMILES string of the molecule is C[C@H](CN(CCc1ccccc1)C(=O)CN)NS(=O)(=O)c1ccc2cnccc2c1.Cl. The van der Waals surface area contributed by atoms with Gasteiger partial charge < -0.3 is 10.6 Å². The van der Waals surface area contributed by atoms with Crippen molar-refractivity contribution in [2.75, 3.05) is 19.6 Å². The summed E-state index contributed by atoms with van der Waals surface area (Å²) in [5.41, 5.74) is 6.66. The van der Waals surface area contributed by atoms with Crippen LogP contribution in [0.15, 0.2) is 71.9 Å². The number of benzene rings is 2. The molecule has 1 amide bonds. The van der Waals surface area contributed by atoms with Crippen molar-refractivity contribution in [1.29, 1.82) is 0 Å². The fourth-order valence-electron chi connectivity index (χ4n) is 3.28. The van der Waals surface area contributed by atoms with Gasteiger partial charge in [0.15, 0.2) is 0 Å². The first kappa shape index (κ1) is 24.7. The van der Waals surface area contributed by atoms with Crippen LogP contribution < -0.4 is 10.5 Å². The Kier molecular flexibility index (Phi) is 8.94. The van der Waals surface area contributed by atoms with Crippen molar-refractivity contribution in [3.8, 4) is 0 Å². The van der Waals surface area contributed by atoms with Crippen LogP contribution >= 0.6 is 12.4 Å². The number of carbonyl (C=O) groups is 1. The maximum atomic E-state index is 12.8. The number of nitrogens with zero attached hydrogens (tertiary/aromatic N) is 2. The molecule has 0 unspecified atom stereocenters. The average molecular weight is 463 g/mol. The standard InChI is InChI=1S/C22H26N4O3S.ClH/c1-17(16-26(22(27)14-23)12-10-18-5-3-2-4-6-18)25-30(28,29)21-8-7-20-15-24-11-9-19(20)13-21;/h2-9,11,13,15,17,25H,10,12,14,16,23H2,1H3;1H/t17-;/m1./s1. The van der Waals surface area contributed by atoms with Gasteiger partial charge in [-0.1, -0.05) is 36.4 Å². The minimum Gasteiger partial charge on any atom is -0.340 e. The monoisotopic (exact) mass is 462 g/mol. The quantitative estimate of drug-likeness (QED) is 0.507. The van der Waals surface area contributed by atoms with E-state index in [4.69, 9.17) is 5.73 Å². The van der Waals surface area contributed by atoms with Gasteiger partial charge in [0, 0.05) is 36.9 Å². The van der Waals surface area contributed by atoms with E-state index in [-0.39, 0.29) is 36.3 Å². The number of rotatable bonds is 9. The number of sulfonamides is 1. The molecule has 31 heavy (non-hydrogen) atoms. The molecule has 3 rings (SSSR count). The Bertz CT molecular complexity index is 1110. The number of nitrogens with two attached hydrogens (primary N) is 1. The van der Waals surface area contributed by atoms with Gasteiger partial charge in [-0.15, -0.1) is 12.4 Å². The second-order valence-corrected chi connectivity index (χ2v) is 8.90. The Morgan fingerprint density at radius 2 is 1.87 bits per heavy atom. The van der Waals surface area contributed by atoms with Crippen LogP contribution in [0.5, 0.6) is 0 Å². The van der Waals surface area contributed by atoms with E-state index in [0.717, 1.165) is 16.3 Å². The Labute approximate surface area is 189 Å². The van der Waals surface area contributed by atoms with Crippen LogP contribution in [0.2, 0.25) is 0 Å². The van der Waals surface area contributed by atoms with Gasteiger partial charge in [-0.05, 0) is 42.5 Å². The van der Waals surface area contributed by atoms with Crippen LogP contribution in [-0.2, 0) is 21.2 Å². The lowest BCUT2D eigenvalue weighted by atomic mass is 10.1. The third kappa shape index (κ3) is 6.73. The molecule has 166 valence electrons. The number of hydrogen-bond acceptors (Lipinski definition) is 5. The minimum atomic E-state index is -3.74. The lowest BCUT2D eigenvalue weighted by Crippen LogP contribution is -2.46. The van der Waals surface area contributed by atoms with Crippen molar-refractivity contribution in [2.45, 2.75) is 24.3 Å². The lowest BCUT2D eigenvalue weighted by Gasteiger charge is -2.26. The van der Waals surface area contributed by atoms with Crippen molar-refractivity contribution in [2.24, 2.45) is 5.73 Å². The van der Waals surface area contributed by atoms with Gasteiger partial charge in [-0.3, -0.25) is 9.78 Å². The summed E-state index contributed by atoms with van der Waals surface area (Å²) < 4.78 is 28.3. The molecule has 1 heterocycles. The maximum Gasteiger partial charge on any atom is 0.240 e. The zero-order chi connectivity index (χ0) is 21.6. The predicted octanol–water partition coefficient (Wildman–Crippen LogP) is 2.35. The lowest BCUT2D eigenvalue weighted by molar-refractivity contribution is -0.129. The van der Waals surface area contributed by atoms with E-state index in [0.29, 0.717) is 13.0 Å². The molecule has 3 N–H and O–H groups in total. The smallest absolute Gasteiger partial charge is 0.240 e. The molecule has 0 spiro atoms. The van der Waals surface area contributed by atoms with Crippen LogP contribution in [0.3, 0.4) is 0 Å². The molecule has 0 bridgehead atoms. The number of fused-ring (bicyclic) bond motifs is 1. The van der Waals surface area contributed by atoms with Gasteiger partial charge in [0.05, 0.1) is 11.4 Å². The number of nitrogens with one attached hydrogen (secondary N) is 1. The van der Waals surface area contributed by atoms with Gasteiger partial charge in [0.25, 0.3) is 0 Å². The highest BCUT2D eigenvalue weighted by molar-refractivity contribution is 7.89. The molecular formula is C22H27ClN4O3S. The number of pyridine rings is 1. The van der Waals surface area contributed by atoms with E-state index in [1.165, 1.54) is 0 Å². The first-order valence-electron chi connectivity index (χ1n) is 9.77. The molecule has 0 aliphatic heterocycles. The van der Waals surface area contributed by atoms with E-state index in [2.05, 4.69) is 9.71 Å². The largest absolute Gasteiger partial charge is 0.340 e. The highest BCUT2D eigenvalue weighted by Gasteiger charge is 2.21. The molecule has 0 aliphatic rings. The molecule has 0 fully saturated rings. The third-order valence-corrected chi connectivity index (χ3v) is 6.40. The second-order valence-electron chi connectivity index (χ2n) is 7.19. The number of aromatic nitrogens is 1. The van der Waals surface area contributed by atoms with Crippen molar-refractivity contribution in [3.05, 3.63) is 72.6 Å². The molecule has 1 atom stereocenters. The first-order valence-corrected chi connectivity index (χ1v) is 11.3. The molecular weight excluding hydrogens is 436 g/mol. The van der Waals surface area contributed by atoms with Crippen LogP contribution in [-0.4, -0.2) is 49.9 Å². The van der Waals surface area contributed by atoms with E-state index in [9.17, 15) is 13.2 Å². The molecule has 0 aliphatic carbocycles. The molecule has 9 heteroatoms. The van der Waals surface area contributed by atoms with Gasteiger partial charge in [-0.2, -0.15) is 0 Å².